The largest absolute Gasteiger partial charge is 0.436 e. The van der Waals surface area contributed by atoms with Crippen molar-refractivity contribution in [3.63, 3.8) is 0 Å². The summed E-state index contributed by atoms with van der Waals surface area (Å²) in [4.78, 5) is 59.2. The molecule has 4 aliphatic rings. The molecule has 1 aromatic heterocycles. The van der Waals surface area contributed by atoms with Gasteiger partial charge in [0.1, 0.15) is 12.1 Å². The molecule has 10 nitrogen and oxygen atoms in total. The maximum Gasteiger partial charge on any atom is 0.247 e. The van der Waals surface area contributed by atoms with Crippen molar-refractivity contribution in [1.82, 2.24) is 14.8 Å². The van der Waals surface area contributed by atoms with Crippen LogP contribution in [0.25, 0.3) is 22.8 Å². The van der Waals surface area contributed by atoms with E-state index in [1.54, 1.807) is 16.0 Å². The van der Waals surface area contributed by atoms with Crippen molar-refractivity contribution >= 4 is 35.0 Å². The van der Waals surface area contributed by atoms with Crippen molar-refractivity contribution in [3.8, 4) is 22.8 Å². The highest BCUT2D eigenvalue weighted by molar-refractivity contribution is 5.98. The summed E-state index contributed by atoms with van der Waals surface area (Å²) in [5, 5.41) is 5.94. The number of rotatable bonds is 10. The number of carbonyl (C=O) groups excluding carboxylic acids is 4. The van der Waals surface area contributed by atoms with E-state index in [4.69, 9.17) is 4.42 Å². The number of aromatic nitrogens is 1. The summed E-state index contributed by atoms with van der Waals surface area (Å²) >= 11 is 0. The first-order valence-corrected chi connectivity index (χ1v) is 16.3. The van der Waals surface area contributed by atoms with Crippen LogP contribution < -0.4 is 10.6 Å². The summed E-state index contributed by atoms with van der Waals surface area (Å²) in [6.45, 7) is 1.30. The van der Waals surface area contributed by atoms with Gasteiger partial charge in [-0.1, -0.05) is 0 Å². The Balaban J connectivity index is 0.936. The van der Waals surface area contributed by atoms with Crippen molar-refractivity contribution in [1.29, 1.82) is 0 Å². The Labute approximate surface area is 262 Å². The number of likely N-dealkylation sites (tertiary alicyclic amines) is 2. The van der Waals surface area contributed by atoms with E-state index in [1.165, 1.54) is 0 Å². The van der Waals surface area contributed by atoms with Crippen LogP contribution in [-0.2, 0) is 19.2 Å². The molecule has 0 spiro atoms. The van der Waals surface area contributed by atoms with Crippen molar-refractivity contribution in [2.45, 2.75) is 76.3 Å². The summed E-state index contributed by atoms with van der Waals surface area (Å²) in [6, 6.07) is 13.9. The Hall–Kier alpha value is -4.47. The van der Waals surface area contributed by atoms with E-state index in [9.17, 15) is 19.2 Å². The molecule has 234 valence electrons. The Morgan fingerprint density at radius 1 is 0.667 bits per heavy atom. The first-order chi connectivity index (χ1) is 21.9. The molecular weight excluding hydrogens is 570 g/mol. The van der Waals surface area contributed by atoms with E-state index in [-0.39, 0.29) is 23.6 Å². The minimum absolute atomic E-state index is 0.0945. The summed E-state index contributed by atoms with van der Waals surface area (Å²) in [5.74, 6) is 1.94. The fraction of sp³-hybridized carbons (Fsp3) is 0.457. The monoisotopic (exact) mass is 609 g/mol. The van der Waals surface area contributed by atoms with Crippen LogP contribution in [0.1, 0.15) is 64.2 Å². The standard InChI is InChI=1S/C35H39N5O5/c41-31(19-22-5-6-22)39-17-1-3-28(39)33(43)37-26-13-9-24(10-14-26)30-21-36-35(45-30)25-11-15-27(16-12-25)38-34(44)29-4-2-18-40(29)32(42)20-23-7-8-23/h9-16,21-23,28-29H,1-8,17-20H2,(H,37,43)(H,38,44). The van der Waals surface area contributed by atoms with Crippen molar-refractivity contribution in [2.75, 3.05) is 23.7 Å². The molecule has 3 heterocycles. The second kappa shape index (κ2) is 12.5. The highest BCUT2D eigenvalue weighted by Crippen LogP contribution is 2.35. The van der Waals surface area contributed by atoms with Gasteiger partial charge < -0.3 is 24.9 Å². The SMILES string of the molecule is O=C(Nc1ccc(-c2cnc(-c3ccc(NC(=O)C4CCCN4C(=O)CC4CC4)cc3)o2)cc1)C1CCCN1C(=O)CC1CC1. The molecule has 2 unspecified atom stereocenters. The van der Waals surface area contributed by atoms with E-state index in [0.29, 0.717) is 73.6 Å². The molecule has 7 rings (SSSR count). The van der Waals surface area contributed by atoms with E-state index < -0.39 is 12.1 Å². The van der Waals surface area contributed by atoms with Crippen LogP contribution in [0, 0.1) is 11.8 Å². The number of carbonyl (C=O) groups is 4. The quantitative estimate of drug-likeness (QED) is 0.314. The van der Waals surface area contributed by atoms with Crippen LogP contribution in [0.3, 0.4) is 0 Å². The van der Waals surface area contributed by atoms with Crippen LogP contribution in [-0.4, -0.2) is 63.6 Å². The molecule has 45 heavy (non-hydrogen) atoms. The Morgan fingerprint density at radius 2 is 1.13 bits per heavy atom. The molecule has 4 fully saturated rings. The van der Waals surface area contributed by atoms with Gasteiger partial charge in [-0.3, -0.25) is 19.2 Å². The lowest BCUT2D eigenvalue weighted by molar-refractivity contribution is -0.137. The number of amides is 4. The van der Waals surface area contributed by atoms with Crippen LogP contribution in [0.2, 0.25) is 0 Å². The number of nitrogens with zero attached hydrogens (tertiary/aromatic N) is 3. The van der Waals surface area contributed by atoms with E-state index in [0.717, 1.165) is 49.7 Å². The minimum atomic E-state index is -0.413. The van der Waals surface area contributed by atoms with Gasteiger partial charge in [-0.25, -0.2) is 4.98 Å². The first-order valence-electron chi connectivity index (χ1n) is 16.3. The topological polar surface area (TPSA) is 125 Å². The average molecular weight is 610 g/mol. The van der Waals surface area contributed by atoms with E-state index in [2.05, 4.69) is 15.6 Å². The van der Waals surface area contributed by atoms with Gasteiger partial charge in [0.2, 0.25) is 29.5 Å². The van der Waals surface area contributed by atoms with Crippen molar-refractivity contribution < 1.29 is 23.6 Å². The van der Waals surface area contributed by atoms with Gasteiger partial charge in [0.25, 0.3) is 0 Å². The van der Waals surface area contributed by atoms with Gasteiger partial charge in [0, 0.05) is 48.4 Å². The molecule has 0 radical (unpaired) electrons. The minimum Gasteiger partial charge on any atom is -0.436 e. The Kier molecular flexibility index (Phi) is 8.12. The van der Waals surface area contributed by atoms with Crippen molar-refractivity contribution in [3.05, 3.63) is 54.7 Å². The molecule has 3 aromatic rings. The molecule has 4 amide bonds. The summed E-state index contributed by atoms with van der Waals surface area (Å²) in [6.07, 6.45) is 10.3. The number of oxazole rings is 1. The van der Waals surface area contributed by atoms with Crippen LogP contribution in [0.5, 0.6) is 0 Å². The summed E-state index contributed by atoms with van der Waals surface area (Å²) in [5.41, 5.74) is 2.90. The zero-order valence-corrected chi connectivity index (χ0v) is 25.4. The fourth-order valence-electron chi connectivity index (χ4n) is 6.45. The molecule has 2 aliphatic carbocycles. The second-order valence-electron chi connectivity index (χ2n) is 12.9. The lowest BCUT2D eigenvalue weighted by Gasteiger charge is -2.24. The summed E-state index contributed by atoms with van der Waals surface area (Å²) in [7, 11) is 0. The predicted molar refractivity (Wildman–Crippen MR) is 169 cm³/mol. The third-order valence-corrected chi connectivity index (χ3v) is 9.41. The molecule has 2 N–H and O–H groups in total. The van der Waals surface area contributed by atoms with Crippen LogP contribution in [0.15, 0.2) is 59.1 Å². The van der Waals surface area contributed by atoms with E-state index in [1.807, 2.05) is 48.5 Å². The Morgan fingerprint density at radius 3 is 1.60 bits per heavy atom. The Bertz CT molecular complexity index is 1460. The molecule has 2 saturated heterocycles. The number of hydrogen-bond acceptors (Lipinski definition) is 6. The molecule has 2 saturated carbocycles. The molecular formula is C35H39N5O5. The van der Waals surface area contributed by atoms with Crippen LogP contribution >= 0.6 is 0 Å². The third kappa shape index (κ3) is 6.79. The van der Waals surface area contributed by atoms with Gasteiger partial charge >= 0.3 is 0 Å². The highest BCUT2D eigenvalue weighted by atomic mass is 16.4. The average Bonchev–Trinajstić information content (AvgIpc) is 3.82. The smallest absolute Gasteiger partial charge is 0.247 e. The fourth-order valence-corrected chi connectivity index (χ4v) is 6.45. The molecule has 2 atom stereocenters. The molecule has 2 aliphatic heterocycles. The molecule has 2 aromatic carbocycles. The zero-order chi connectivity index (χ0) is 30.9. The van der Waals surface area contributed by atoms with Crippen molar-refractivity contribution in [2.24, 2.45) is 11.8 Å². The van der Waals surface area contributed by atoms with Gasteiger partial charge in [0.05, 0.1) is 6.20 Å². The molecule has 10 heteroatoms. The van der Waals surface area contributed by atoms with Gasteiger partial charge in [-0.15, -0.1) is 0 Å². The first kappa shape index (κ1) is 29.3. The second-order valence-corrected chi connectivity index (χ2v) is 12.9. The number of nitrogens with one attached hydrogen (secondary N) is 2. The van der Waals surface area contributed by atoms with Gasteiger partial charge in [-0.2, -0.15) is 0 Å². The third-order valence-electron chi connectivity index (χ3n) is 9.41. The predicted octanol–water partition coefficient (Wildman–Crippen LogP) is 5.47. The van der Waals surface area contributed by atoms with Gasteiger partial charge in [-0.05, 0) is 112 Å². The van der Waals surface area contributed by atoms with E-state index >= 15 is 0 Å². The normalized spacial score (nSPS) is 21.2. The lowest BCUT2D eigenvalue weighted by Crippen LogP contribution is -2.43. The lowest BCUT2D eigenvalue weighted by atomic mass is 10.1. The number of hydrogen-bond donors (Lipinski definition) is 2. The maximum atomic E-state index is 13.0. The zero-order valence-electron chi connectivity index (χ0n) is 25.4. The number of anilines is 2. The summed E-state index contributed by atoms with van der Waals surface area (Å²) < 4.78 is 6.04. The van der Waals surface area contributed by atoms with Crippen LogP contribution in [0.4, 0.5) is 11.4 Å². The highest BCUT2D eigenvalue weighted by Gasteiger charge is 2.37. The maximum absolute atomic E-state index is 13.0. The molecule has 0 bridgehead atoms. The van der Waals surface area contributed by atoms with Gasteiger partial charge in [0.15, 0.2) is 5.76 Å². The number of benzene rings is 2.